The van der Waals surface area contributed by atoms with Crippen molar-refractivity contribution in [1.82, 2.24) is 10.2 Å². The van der Waals surface area contributed by atoms with Gasteiger partial charge in [-0.25, -0.2) is 0 Å². The molecule has 0 amide bonds. The molecule has 2 aliphatic rings. The van der Waals surface area contributed by atoms with E-state index in [9.17, 15) is 0 Å². The van der Waals surface area contributed by atoms with Crippen molar-refractivity contribution in [2.24, 2.45) is 5.92 Å². The fourth-order valence-corrected chi connectivity index (χ4v) is 3.46. The number of nitrogens with zero attached hydrogens (tertiary/aromatic N) is 2. The van der Waals surface area contributed by atoms with E-state index in [0.717, 1.165) is 25.6 Å². The predicted octanol–water partition coefficient (Wildman–Crippen LogP) is 2.24. The maximum atomic E-state index is 3.61. The van der Waals surface area contributed by atoms with Crippen molar-refractivity contribution in [2.75, 3.05) is 62.6 Å². The van der Waals surface area contributed by atoms with E-state index >= 15 is 0 Å². The van der Waals surface area contributed by atoms with Crippen LogP contribution in [0.4, 0.5) is 11.4 Å². The lowest BCUT2D eigenvalue weighted by Crippen LogP contribution is -2.46. The lowest BCUT2D eigenvalue weighted by molar-refractivity contribution is 0.271. The topological polar surface area (TPSA) is 30.5 Å². The summed E-state index contributed by atoms with van der Waals surface area (Å²) in [5, 5.41) is 7.03. The van der Waals surface area contributed by atoms with Gasteiger partial charge in [-0.15, -0.1) is 0 Å². The van der Waals surface area contributed by atoms with Crippen molar-refractivity contribution in [3.63, 3.8) is 0 Å². The first-order valence-corrected chi connectivity index (χ1v) is 8.87. The zero-order valence-corrected chi connectivity index (χ0v) is 13.9. The van der Waals surface area contributed by atoms with E-state index in [4.69, 9.17) is 0 Å². The molecule has 2 N–H and O–H groups in total. The molecule has 3 rings (SSSR count). The van der Waals surface area contributed by atoms with Crippen molar-refractivity contribution >= 4 is 11.4 Å². The second-order valence-corrected chi connectivity index (χ2v) is 6.54. The van der Waals surface area contributed by atoms with Crippen LogP contribution in [0.1, 0.15) is 19.8 Å². The Morgan fingerprint density at radius 1 is 1.05 bits per heavy atom. The second kappa shape index (κ2) is 7.84. The normalized spacial score (nSPS) is 21.0. The van der Waals surface area contributed by atoms with Gasteiger partial charge in [0.15, 0.2) is 0 Å². The zero-order chi connectivity index (χ0) is 15.2. The number of rotatable bonds is 5. The highest BCUT2D eigenvalue weighted by molar-refractivity contribution is 5.55. The van der Waals surface area contributed by atoms with Crippen LogP contribution in [-0.4, -0.2) is 57.3 Å². The van der Waals surface area contributed by atoms with Gasteiger partial charge in [0, 0.05) is 44.1 Å². The van der Waals surface area contributed by atoms with Crippen LogP contribution in [0.2, 0.25) is 0 Å². The minimum atomic E-state index is 0.822. The molecule has 2 heterocycles. The summed E-state index contributed by atoms with van der Waals surface area (Å²) in [6, 6.07) is 9.02. The van der Waals surface area contributed by atoms with Gasteiger partial charge in [-0.3, -0.25) is 0 Å². The van der Waals surface area contributed by atoms with Gasteiger partial charge >= 0.3 is 0 Å². The van der Waals surface area contributed by atoms with Gasteiger partial charge < -0.3 is 20.4 Å². The standard InChI is InChI=1S/C18H30N4/c1-2-21-11-13-22(14-12-21)18-5-3-17(4-6-18)20-15-16-7-9-19-10-8-16/h3-6,16,19-20H,2,7-15H2,1H3. The molecule has 122 valence electrons. The van der Waals surface area contributed by atoms with Crippen LogP contribution in [-0.2, 0) is 0 Å². The largest absolute Gasteiger partial charge is 0.385 e. The zero-order valence-electron chi connectivity index (χ0n) is 13.9. The molecule has 0 aliphatic carbocycles. The maximum Gasteiger partial charge on any atom is 0.0368 e. The van der Waals surface area contributed by atoms with E-state index in [1.54, 1.807) is 0 Å². The molecule has 2 aliphatic heterocycles. The lowest BCUT2D eigenvalue weighted by Gasteiger charge is -2.35. The summed E-state index contributed by atoms with van der Waals surface area (Å²) < 4.78 is 0. The molecule has 0 aromatic heterocycles. The third-order valence-electron chi connectivity index (χ3n) is 5.11. The first-order valence-electron chi connectivity index (χ1n) is 8.87. The van der Waals surface area contributed by atoms with E-state index in [1.807, 2.05) is 0 Å². The Morgan fingerprint density at radius 2 is 1.73 bits per heavy atom. The Balaban J connectivity index is 1.47. The van der Waals surface area contributed by atoms with Crippen LogP contribution >= 0.6 is 0 Å². The maximum absolute atomic E-state index is 3.61. The minimum Gasteiger partial charge on any atom is -0.385 e. The molecule has 22 heavy (non-hydrogen) atoms. The number of benzene rings is 1. The van der Waals surface area contributed by atoms with Crippen molar-refractivity contribution < 1.29 is 0 Å². The first kappa shape index (κ1) is 15.6. The summed E-state index contributed by atoms with van der Waals surface area (Å²) in [6.07, 6.45) is 2.60. The molecule has 0 atom stereocenters. The number of piperidine rings is 1. The summed E-state index contributed by atoms with van der Waals surface area (Å²) in [5.41, 5.74) is 2.62. The van der Waals surface area contributed by atoms with E-state index in [0.29, 0.717) is 0 Å². The molecule has 0 unspecified atom stereocenters. The van der Waals surface area contributed by atoms with Gasteiger partial charge in [-0.2, -0.15) is 0 Å². The molecule has 0 radical (unpaired) electrons. The Kier molecular flexibility index (Phi) is 5.57. The second-order valence-electron chi connectivity index (χ2n) is 6.54. The van der Waals surface area contributed by atoms with Crippen LogP contribution in [0, 0.1) is 5.92 Å². The van der Waals surface area contributed by atoms with E-state index < -0.39 is 0 Å². The number of nitrogens with one attached hydrogen (secondary N) is 2. The van der Waals surface area contributed by atoms with Crippen molar-refractivity contribution in [1.29, 1.82) is 0 Å². The number of hydrogen-bond acceptors (Lipinski definition) is 4. The molecule has 0 spiro atoms. The summed E-state index contributed by atoms with van der Waals surface area (Å²) >= 11 is 0. The molecule has 4 nitrogen and oxygen atoms in total. The van der Waals surface area contributed by atoms with Crippen LogP contribution < -0.4 is 15.5 Å². The van der Waals surface area contributed by atoms with E-state index in [2.05, 4.69) is 51.6 Å². The third-order valence-corrected chi connectivity index (χ3v) is 5.11. The van der Waals surface area contributed by atoms with Crippen LogP contribution in [0.25, 0.3) is 0 Å². The van der Waals surface area contributed by atoms with E-state index in [1.165, 1.54) is 56.9 Å². The van der Waals surface area contributed by atoms with Gasteiger partial charge in [0.05, 0.1) is 0 Å². The van der Waals surface area contributed by atoms with Crippen LogP contribution in [0.3, 0.4) is 0 Å². The predicted molar refractivity (Wildman–Crippen MR) is 94.9 cm³/mol. The fourth-order valence-electron chi connectivity index (χ4n) is 3.46. The smallest absolute Gasteiger partial charge is 0.0368 e. The summed E-state index contributed by atoms with van der Waals surface area (Å²) in [7, 11) is 0. The van der Waals surface area contributed by atoms with Crippen molar-refractivity contribution in [3.8, 4) is 0 Å². The lowest BCUT2D eigenvalue weighted by atomic mass is 9.98. The fraction of sp³-hybridized carbons (Fsp3) is 0.667. The van der Waals surface area contributed by atoms with Crippen LogP contribution in [0.5, 0.6) is 0 Å². The van der Waals surface area contributed by atoms with Gasteiger partial charge in [0.25, 0.3) is 0 Å². The molecule has 1 aromatic rings. The van der Waals surface area contributed by atoms with Gasteiger partial charge in [0.2, 0.25) is 0 Å². The molecule has 2 saturated heterocycles. The molecular weight excluding hydrogens is 272 g/mol. The average molecular weight is 302 g/mol. The number of likely N-dealkylation sites (N-methyl/N-ethyl adjacent to an activating group) is 1. The first-order chi connectivity index (χ1) is 10.8. The number of piperazine rings is 1. The van der Waals surface area contributed by atoms with Crippen LogP contribution in [0.15, 0.2) is 24.3 Å². The molecule has 4 heteroatoms. The molecule has 2 fully saturated rings. The summed E-state index contributed by atoms with van der Waals surface area (Å²) in [5.74, 6) is 0.822. The highest BCUT2D eigenvalue weighted by Crippen LogP contribution is 2.20. The minimum absolute atomic E-state index is 0.822. The molecule has 0 saturated carbocycles. The molecule has 1 aromatic carbocycles. The highest BCUT2D eigenvalue weighted by Gasteiger charge is 2.16. The van der Waals surface area contributed by atoms with E-state index in [-0.39, 0.29) is 0 Å². The van der Waals surface area contributed by atoms with Gasteiger partial charge in [-0.05, 0) is 62.7 Å². The summed E-state index contributed by atoms with van der Waals surface area (Å²) in [6.45, 7) is 11.6. The third kappa shape index (κ3) is 4.14. The molecular formula is C18H30N4. The molecule has 0 bridgehead atoms. The SMILES string of the molecule is CCN1CCN(c2ccc(NCC3CCNCC3)cc2)CC1. The van der Waals surface area contributed by atoms with Gasteiger partial charge in [-0.1, -0.05) is 6.92 Å². The monoisotopic (exact) mass is 302 g/mol. The average Bonchev–Trinajstić information content (AvgIpc) is 2.61. The highest BCUT2D eigenvalue weighted by atomic mass is 15.3. The Bertz CT molecular complexity index is 431. The Hall–Kier alpha value is -1.26. The summed E-state index contributed by atoms with van der Waals surface area (Å²) in [4.78, 5) is 5.02. The quantitative estimate of drug-likeness (QED) is 0.873. The van der Waals surface area contributed by atoms with Gasteiger partial charge in [0.1, 0.15) is 0 Å². The Morgan fingerprint density at radius 3 is 2.36 bits per heavy atom. The van der Waals surface area contributed by atoms with Crippen molar-refractivity contribution in [3.05, 3.63) is 24.3 Å². The number of anilines is 2. The Labute approximate surface area is 134 Å². The number of hydrogen-bond donors (Lipinski definition) is 2. The van der Waals surface area contributed by atoms with Crippen molar-refractivity contribution in [2.45, 2.75) is 19.8 Å².